The summed E-state index contributed by atoms with van der Waals surface area (Å²) in [7, 11) is -3.13. The maximum Gasteiger partial charge on any atom is 0.179 e. The van der Waals surface area contributed by atoms with Crippen LogP contribution in [0, 0.1) is 0 Å². The number of sulfone groups is 1. The van der Waals surface area contributed by atoms with Gasteiger partial charge in [-0.3, -0.25) is 0 Å². The van der Waals surface area contributed by atoms with Gasteiger partial charge in [0.05, 0.1) is 0 Å². The van der Waals surface area contributed by atoms with Crippen LogP contribution in [0.1, 0.15) is 5.56 Å². The molecule has 3 nitrogen and oxygen atoms in total. The fraction of sp³-hybridized carbons (Fsp3) is 0.250. The highest BCUT2D eigenvalue weighted by Crippen LogP contribution is 2.30. The van der Waals surface area contributed by atoms with Crippen molar-refractivity contribution in [3.63, 3.8) is 0 Å². The molecule has 0 amide bonds. The summed E-state index contributed by atoms with van der Waals surface area (Å²) in [5.41, 5.74) is 0.908. The fourth-order valence-electron chi connectivity index (χ4n) is 1.21. The molecule has 3 rings (SSSR count). The van der Waals surface area contributed by atoms with Gasteiger partial charge in [0.25, 0.3) is 0 Å². The maximum atomic E-state index is 11.2. The summed E-state index contributed by atoms with van der Waals surface area (Å²) in [5.74, 6) is 0.465. The number of rotatable bonds is 1. The molecule has 0 unspecified atom stereocenters. The van der Waals surface area contributed by atoms with Crippen molar-refractivity contribution in [1.82, 2.24) is 0 Å². The van der Waals surface area contributed by atoms with Crippen molar-refractivity contribution in [3.8, 4) is 5.75 Å². The summed E-state index contributed by atoms with van der Waals surface area (Å²) in [6.07, 6.45) is 1.18. The third kappa shape index (κ3) is 1.08. The predicted octanol–water partition coefficient (Wildman–Crippen LogP) is 0.983. The molecule has 1 aromatic carbocycles. The topological polar surface area (TPSA) is 43.4 Å². The van der Waals surface area contributed by atoms with Gasteiger partial charge in [0, 0.05) is 6.26 Å². The number of benzene rings is 1. The van der Waals surface area contributed by atoms with Crippen molar-refractivity contribution in [3.05, 3.63) is 23.8 Å². The molecular weight excluding hydrogens is 176 g/mol. The zero-order chi connectivity index (χ0) is 8.77. The summed E-state index contributed by atoms with van der Waals surface area (Å²) in [6, 6.07) is 5.22. The van der Waals surface area contributed by atoms with E-state index < -0.39 is 9.84 Å². The molecule has 0 spiro atoms. The van der Waals surface area contributed by atoms with Crippen LogP contribution in [0.4, 0.5) is 0 Å². The van der Waals surface area contributed by atoms with Gasteiger partial charge < -0.3 is 4.74 Å². The molecule has 64 valence electrons. The molecule has 0 atom stereocenters. The second-order valence-corrected chi connectivity index (χ2v) is 4.83. The minimum Gasteiger partial charge on any atom is -0.488 e. The largest absolute Gasteiger partial charge is 0.488 e. The number of hydrogen-bond acceptors (Lipinski definition) is 3. The predicted molar refractivity (Wildman–Crippen MR) is 43.9 cm³/mol. The SMILES string of the molecule is CS(=O)(=O)c1cc2ccc1OC2. The van der Waals surface area contributed by atoms with E-state index in [9.17, 15) is 8.42 Å². The number of hydrogen-bond donors (Lipinski definition) is 0. The minimum absolute atomic E-state index is 0.297. The highest BCUT2D eigenvalue weighted by molar-refractivity contribution is 7.90. The molecule has 0 N–H and O–H groups in total. The monoisotopic (exact) mass is 184 g/mol. The Kier molecular flexibility index (Phi) is 1.41. The average molecular weight is 184 g/mol. The van der Waals surface area contributed by atoms with E-state index in [1.165, 1.54) is 6.26 Å². The Bertz CT molecular complexity index is 420. The second-order valence-electron chi connectivity index (χ2n) is 2.84. The Morgan fingerprint density at radius 1 is 1.42 bits per heavy atom. The van der Waals surface area contributed by atoms with Crippen LogP contribution in [0.25, 0.3) is 0 Å². The lowest BCUT2D eigenvalue weighted by Gasteiger charge is -2.17. The number of fused-ring (bicyclic) bond motifs is 3. The third-order valence-corrected chi connectivity index (χ3v) is 2.92. The molecule has 0 aliphatic carbocycles. The Labute approximate surface area is 70.9 Å². The van der Waals surface area contributed by atoms with Gasteiger partial charge in [-0.25, -0.2) is 8.42 Å². The molecule has 2 heterocycles. The lowest BCUT2D eigenvalue weighted by Crippen LogP contribution is -2.09. The highest BCUT2D eigenvalue weighted by Gasteiger charge is 2.19. The van der Waals surface area contributed by atoms with Crippen LogP contribution >= 0.6 is 0 Å². The van der Waals surface area contributed by atoms with Crippen molar-refractivity contribution >= 4 is 9.84 Å². The van der Waals surface area contributed by atoms with Gasteiger partial charge in [0.1, 0.15) is 17.3 Å². The van der Waals surface area contributed by atoms with Crippen molar-refractivity contribution in [2.24, 2.45) is 0 Å². The van der Waals surface area contributed by atoms with Gasteiger partial charge in [-0.2, -0.15) is 0 Å². The Morgan fingerprint density at radius 2 is 2.17 bits per heavy atom. The Morgan fingerprint density at radius 3 is 2.42 bits per heavy atom. The summed E-state index contributed by atoms with van der Waals surface area (Å²) in [5, 5.41) is 0. The van der Waals surface area contributed by atoms with Crippen LogP contribution < -0.4 is 4.74 Å². The first kappa shape index (κ1) is 7.61. The van der Waals surface area contributed by atoms with E-state index in [1.807, 2.05) is 6.07 Å². The molecule has 0 saturated heterocycles. The molecule has 0 radical (unpaired) electrons. The zero-order valence-corrected chi connectivity index (χ0v) is 7.39. The summed E-state index contributed by atoms with van der Waals surface area (Å²) < 4.78 is 27.5. The van der Waals surface area contributed by atoms with Gasteiger partial charge in [-0.05, 0) is 17.7 Å². The van der Waals surface area contributed by atoms with E-state index in [-0.39, 0.29) is 0 Å². The van der Waals surface area contributed by atoms with Crippen LogP contribution in [-0.4, -0.2) is 14.7 Å². The summed E-state index contributed by atoms with van der Waals surface area (Å²) in [6.45, 7) is 0.491. The van der Waals surface area contributed by atoms with Crippen LogP contribution in [0.2, 0.25) is 0 Å². The minimum atomic E-state index is -3.13. The van der Waals surface area contributed by atoms with Gasteiger partial charge >= 0.3 is 0 Å². The van der Waals surface area contributed by atoms with Crippen molar-refractivity contribution in [1.29, 1.82) is 0 Å². The molecule has 0 aromatic heterocycles. The lowest BCUT2D eigenvalue weighted by molar-refractivity contribution is 0.284. The van der Waals surface area contributed by atoms with Gasteiger partial charge in [-0.15, -0.1) is 0 Å². The van der Waals surface area contributed by atoms with Crippen molar-refractivity contribution in [2.75, 3.05) is 6.26 Å². The molecule has 0 saturated carbocycles. The number of ether oxygens (including phenoxy) is 1. The van der Waals surface area contributed by atoms with E-state index in [1.54, 1.807) is 12.1 Å². The first-order valence-electron chi connectivity index (χ1n) is 3.53. The van der Waals surface area contributed by atoms with Gasteiger partial charge in [0.2, 0.25) is 0 Å². The molecule has 1 aromatic rings. The zero-order valence-electron chi connectivity index (χ0n) is 6.57. The van der Waals surface area contributed by atoms with Gasteiger partial charge in [-0.1, -0.05) is 6.07 Å². The molecular formula is C8H8O3S. The van der Waals surface area contributed by atoms with E-state index in [2.05, 4.69) is 0 Å². The maximum absolute atomic E-state index is 11.2. The first-order chi connectivity index (χ1) is 5.57. The fourth-order valence-corrected chi connectivity index (χ4v) is 2.07. The van der Waals surface area contributed by atoms with E-state index in [4.69, 9.17) is 4.74 Å². The van der Waals surface area contributed by atoms with Crippen LogP contribution in [-0.2, 0) is 16.4 Å². The normalized spacial score (nSPS) is 14.4. The standard InChI is InChI=1S/C8H8O3S/c1-12(9,10)8-4-6-2-3-7(8)11-5-6/h2-4H,5H2,1H3. The summed E-state index contributed by atoms with van der Waals surface area (Å²) >= 11 is 0. The van der Waals surface area contributed by atoms with Crippen LogP contribution in [0.5, 0.6) is 5.75 Å². The van der Waals surface area contributed by atoms with Crippen LogP contribution in [0.15, 0.2) is 23.1 Å². The van der Waals surface area contributed by atoms with Gasteiger partial charge in [0.15, 0.2) is 9.84 Å². The van der Waals surface area contributed by atoms with E-state index in [0.29, 0.717) is 17.3 Å². The van der Waals surface area contributed by atoms with E-state index >= 15 is 0 Å². The highest BCUT2D eigenvalue weighted by atomic mass is 32.2. The Balaban J connectivity index is 2.71. The lowest BCUT2D eigenvalue weighted by atomic mass is 10.2. The molecule has 4 heteroatoms. The van der Waals surface area contributed by atoms with E-state index in [0.717, 1.165) is 5.56 Å². The van der Waals surface area contributed by atoms with Crippen molar-refractivity contribution in [2.45, 2.75) is 11.5 Å². The second kappa shape index (κ2) is 2.23. The quantitative estimate of drug-likeness (QED) is 0.653. The molecule has 2 aliphatic heterocycles. The van der Waals surface area contributed by atoms with Crippen LogP contribution in [0.3, 0.4) is 0 Å². The molecule has 2 aliphatic rings. The summed E-state index contributed by atoms with van der Waals surface area (Å²) in [4.78, 5) is 0.297. The molecule has 2 bridgehead atoms. The smallest absolute Gasteiger partial charge is 0.179 e. The first-order valence-corrected chi connectivity index (χ1v) is 5.42. The average Bonchev–Trinajstić information content (AvgIpc) is 2.05. The van der Waals surface area contributed by atoms with Crippen molar-refractivity contribution < 1.29 is 13.2 Å². The third-order valence-electron chi connectivity index (χ3n) is 1.80. The molecule has 12 heavy (non-hydrogen) atoms. The Hall–Kier alpha value is -1.03. The molecule has 0 fully saturated rings.